The van der Waals surface area contributed by atoms with E-state index in [1.54, 1.807) is 6.07 Å². The van der Waals surface area contributed by atoms with E-state index in [1.165, 1.54) is 18.2 Å². The van der Waals surface area contributed by atoms with Crippen molar-refractivity contribution in [3.63, 3.8) is 0 Å². The summed E-state index contributed by atoms with van der Waals surface area (Å²) in [6, 6.07) is 13.6. The first kappa shape index (κ1) is 21.2. The largest absolute Gasteiger partial charge is 0.573 e. The van der Waals surface area contributed by atoms with E-state index in [2.05, 4.69) is 43.9 Å². The van der Waals surface area contributed by atoms with Crippen molar-refractivity contribution in [3.8, 4) is 11.5 Å². The summed E-state index contributed by atoms with van der Waals surface area (Å²) in [7, 11) is -1.93. The lowest BCUT2D eigenvalue weighted by atomic mass is 10.2. The van der Waals surface area contributed by atoms with Crippen LogP contribution in [-0.2, 0) is 6.54 Å². The molecule has 3 nitrogen and oxygen atoms in total. The number of halogens is 3. The Labute approximate surface area is 159 Å². The first-order valence-corrected chi connectivity index (χ1v) is 11.6. The number of hydrogen-bond acceptors (Lipinski definition) is 3. The molecule has 2 aromatic carbocycles. The normalized spacial score (nSPS) is 12.6. The number of hydrogen-bond donors (Lipinski definition) is 1. The summed E-state index contributed by atoms with van der Waals surface area (Å²) in [6.45, 7) is 11.4. The van der Waals surface area contributed by atoms with Crippen molar-refractivity contribution >= 4 is 14.0 Å². The Morgan fingerprint density at radius 2 is 1.56 bits per heavy atom. The molecule has 2 rings (SSSR count). The molecule has 0 aliphatic heterocycles. The fraction of sp³-hybridized carbons (Fsp3) is 0.400. The van der Waals surface area contributed by atoms with Gasteiger partial charge in [0.05, 0.1) is 0 Å². The predicted octanol–water partition coefficient (Wildman–Crippen LogP) is 6.58. The van der Waals surface area contributed by atoms with Gasteiger partial charge in [0, 0.05) is 18.3 Å². The molecule has 0 aliphatic carbocycles. The second kappa shape index (κ2) is 7.84. The predicted molar refractivity (Wildman–Crippen MR) is 105 cm³/mol. The Morgan fingerprint density at radius 3 is 2.19 bits per heavy atom. The monoisotopic (exact) mass is 397 g/mol. The highest BCUT2D eigenvalue weighted by atomic mass is 28.4. The minimum atomic E-state index is -4.70. The van der Waals surface area contributed by atoms with Gasteiger partial charge in [0.25, 0.3) is 0 Å². The van der Waals surface area contributed by atoms with Crippen LogP contribution in [0.2, 0.25) is 18.1 Å². The van der Waals surface area contributed by atoms with Crippen LogP contribution in [0.15, 0.2) is 48.5 Å². The van der Waals surface area contributed by atoms with Crippen molar-refractivity contribution in [2.75, 3.05) is 5.32 Å². The van der Waals surface area contributed by atoms with Crippen LogP contribution >= 0.6 is 0 Å². The van der Waals surface area contributed by atoms with E-state index in [4.69, 9.17) is 4.43 Å². The molecule has 0 radical (unpaired) electrons. The highest BCUT2D eigenvalue weighted by molar-refractivity contribution is 6.74. The fourth-order valence-corrected chi connectivity index (χ4v) is 3.20. The molecule has 0 unspecified atom stereocenters. The van der Waals surface area contributed by atoms with Gasteiger partial charge in [0.2, 0.25) is 8.32 Å². The SMILES string of the molecule is CC(C)(C)[Si](C)(C)Oc1cccc(CNc2cccc(OC(F)(F)F)c2)c1. The van der Waals surface area contributed by atoms with Gasteiger partial charge in [0.1, 0.15) is 11.5 Å². The first-order chi connectivity index (χ1) is 12.4. The van der Waals surface area contributed by atoms with E-state index < -0.39 is 14.7 Å². The molecule has 0 spiro atoms. The molecule has 2 aromatic rings. The van der Waals surface area contributed by atoms with Crippen molar-refractivity contribution in [1.29, 1.82) is 0 Å². The fourth-order valence-electron chi connectivity index (χ4n) is 2.17. The molecule has 27 heavy (non-hydrogen) atoms. The van der Waals surface area contributed by atoms with E-state index in [-0.39, 0.29) is 10.8 Å². The minimum absolute atomic E-state index is 0.0974. The Balaban J connectivity index is 2.04. The molecule has 0 saturated carbocycles. The molecule has 0 amide bonds. The van der Waals surface area contributed by atoms with Crippen LogP contribution in [0.5, 0.6) is 11.5 Å². The highest BCUT2D eigenvalue weighted by Gasteiger charge is 2.39. The average molecular weight is 398 g/mol. The minimum Gasteiger partial charge on any atom is -0.543 e. The lowest BCUT2D eigenvalue weighted by Gasteiger charge is -2.36. The Kier molecular flexibility index (Phi) is 6.14. The second-order valence-electron chi connectivity index (χ2n) is 7.94. The number of anilines is 1. The second-order valence-corrected chi connectivity index (χ2v) is 12.7. The van der Waals surface area contributed by atoms with Crippen LogP contribution < -0.4 is 14.5 Å². The van der Waals surface area contributed by atoms with Crippen molar-refractivity contribution in [2.24, 2.45) is 0 Å². The van der Waals surface area contributed by atoms with Gasteiger partial charge in [-0.2, -0.15) is 0 Å². The Bertz CT molecular complexity index is 770. The lowest BCUT2D eigenvalue weighted by molar-refractivity contribution is -0.274. The Hall–Kier alpha value is -2.15. The molecule has 148 valence electrons. The lowest BCUT2D eigenvalue weighted by Crippen LogP contribution is -2.43. The van der Waals surface area contributed by atoms with Crippen molar-refractivity contribution in [1.82, 2.24) is 0 Å². The van der Waals surface area contributed by atoms with Gasteiger partial charge in [-0.25, -0.2) is 0 Å². The maximum absolute atomic E-state index is 12.3. The molecule has 0 heterocycles. The van der Waals surface area contributed by atoms with Gasteiger partial charge in [-0.1, -0.05) is 39.0 Å². The summed E-state index contributed by atoms with van der Waals surface area (Å²) in [5, 5.41) is 3.21. The number of nitrogens with one attached hydrogen (secondary N) is 1. The summed E-state index contributed by atoms with van der Waals surface area (Å²) < 4.78 is 47.2. The zero-order valence-electron chi connectivity index (χ0n) is 16.3. The third-order valence-corrected chi connectivity index (χ3v) is 9.00. The van der Waals surface area contributed by atoms with Crippen LogP contribution in [0, 0.1) is 0 Å². The average Bonchev–Trinajstić information content (AvgIpc) is 2.50. The van der Waals surface area contributed by atoms with Crippen LogP contribution in [0.3, 0.4) is 0 Å². The maximum Gasteiger partial charge on any atom is 0.573 e. The van der Waals surface area contributed by atoms with E-state index >= 15 is 0 Å². The van der Waals surface area contributed by atoms with E-state index in [1.807, 2.05) is 24.3 Å². The van der Waals surface area contributed by atoms with Crippen LogP contribution in [0.1, 0.15) is 26.3 Å². The zero-order chi connectivity index (χ0) is 20.3. The standard InChI is InChI=1S/C20H26F3NO2Si/c1-19(2,3)27(4,5)26-18-11-6-8-15(12-18)14-24-16-9-7-10-17(13-16)25-20(21,22)23/h6-13,24H,14H2,1-5H3. The number of rotatable bonds is 6. The van der Waals surface area contributed by atoms with Gasteiger partial charge in [-0.15, -0.1) is 13.2 Å². The smallest absolute Gasteiger partial charge is 0.543 e. The van der Waals surface area contributed by atoms with Gasteiger partial charge in [-0.3, -0.25) is 0 Å². The summed E-state index contributed by atoms with van der Waals surface area (Å²) >= 11 is 0. The van der Waals surface area contributed by atoms with E-state index in [0.717, 1.165) is 11.3 Å². The maximum atomic E-state index is 12.3. The van der Waals surface area contributed by atoms with Gasteiger partial charge in [0.15, 0.2) is 0 Å². The molecule has 1 N–H and O–H groups in total. The highest BCUT2D eigenvalue weighted by Crippen LogP contribution is 2.37. The summed E-state index contributed by atoms with van der Waals surface area (Å²) in [5.41, 5.74) is 1.53. The Morgan fingerprint density at radius 1 is 0.926 bits per heavy atom. The van der Waals surface area contributed by atoms with Gasteiger partial charge >= 0.3 is 6.36 Å². The molecule has 0 aliphatic rings. The van der Waals surface area contributed by atoms with Crippen LogP contribution in [-0.4, -0.2) is 14.7 Å². The van der Waals surface area contributed by atoms with Crippen molar-refractivity contribution in [2.45, 2.75) is 51.8 Å². The van der Waals surface area contributed by atoms with Crippen LogP contribution in [0.4, 0.5) is 18.9 Å². The summed E-state index contributed by atoms with van der Waals surface area (Å²) in [4.78, 5) is 0. The third-order valence-electron chi connectivity index (χ3n) is 4.64. The quantitative estimate of drug-likeness (QED) is 0.558. The van der Waals surface area contributed by atoms with Gasteiger partial charge in [-0.05, 0) is 48.0 Å². The summed E-state index contributed by atoms with van der Waals surface area (Å²) in [5.74, 6) is 0.567. The van der Waals surface area contributed by atoms with Gasteiger partial charge < -0.3 is 14.5 Å². The molecular formula is C20H26F3NO2Si. The molecule has 0 atom stereocenters. The molecular weight excluding hydrogens is 371 g/mol. The first-order valence-electron chi connectivity index (χ1n) is 8.73. The third kappa shape index (κ3) is 6.50. The molecule has 7 heteroatoms. The zero-order valence-corrected chi connectivity index (χ0v) is 17.3. The van der Waals surface area contributed by atoms with E-state index in [0.29, 0.717) is 12.2 Å². The number of ether oxygens (including phenoxy) is 1. The topological polar surface area (TPSA) is 30.5 Å². The molecule has 0 bridgehead atoms. The molecule has 0 fully saturated rings. The van der Waals surface area contributed by atoms with Crippen molar-refractivity contribution < 1.29 is 22.3 Å². The van der Waals surface area contributed by atoms with E-state index in [9.17, 15) is 13.2 Å². The number of alkyl halides is 3. The molecule has 0 saturated heterocycles. The summed E-state index contributed by atoms with van der Waals surface area (Å²) in [6.07, 6.45) is -4.70. The van der Waals surface area contributed by atoms with Crippen molar-refractivity contribution in [3.05, 3.63) is 54.1 Å². The number of benzene rings is 2. The molecule has 0 aromatic heterocycles. The van der Waals surface area contributed by atoms with Crippen LogP contribution in [0.25, 0.3) is 0 Å².